The third-order valence-corrected chi connectivity index (χ3v) is 5.26. The minimum absolute atomic E-state index is 0.0605. The summed E-state index contributed by atoms with van der Waals surface area (Å²) in [6, 6.07) is 1.23. The average Bonchev–Trinajstić information content (AvgIpc) is 2.44. The van der Waals surface area contributed by atoms with Crippen molar-refractivity contribution in [1.29, 1.82) is 0 Å². The quantitative estimate of drug-likeness (QED) is 0.773. The van der Waals surface area contributed by atoms with Gasteiger partial charge in [-0.2, -0.15) is 0 Å². The van der Waals surface area contributed by atoms with E-state index >= 15 is 0 Å². The van der Waals surface area contributed by atoms with Gasteiger partial charge >= 0.3 is 0 Å². The van der Waals surface area contributed by atoms with Crippen molar-refractivity contribution in [3.63, 3.8) is 0 Å². The maximum Gasteiger partial charge on any atom is 0.226 e. The van der Waals surface area contributed by atoms with Crippen LogP contribution in [-0.2, 0) is 14.6 Å². The van der Waals surface area contributed by atoms with Crippen LogP contribution in [0.3, 0.4) is 0 Å². The van der Waals surface area contributed by atoms with Crippen LogP contribution in [-0.4, -0.2) is 38.4 Å². The van der Waals surface area contributed by atoms with Gasteiger partial charge in [0.05, 0.1) is 23.2 Å². The number of amides is 1. The van der Waals surface area contributed by atoms with Crippen LogP contribution in [0.5, 0.6) is 0 Å². The Labute approximate surface area is 114 Å². The fourth-order valence-corrected chi connectivity index (χ4v) is 4.21. The molecule has 108 valence electrons. The first-order valence-electron chi connectivity index (χ1n) is 6.12. The fourth-order valence-electron chi connectivity index (χ4n) is 2.69. The molecule has 0 spiro atoms. The first-order chi connectivity index (χ1) is 9.35. The smallest absolute Gasteiger partial charge is 0.226 e. The molecule has 0 saturated carbocycles. The number of nitrogens with zero attached hydrogens (tertiary/aromatic N) is 1. The van der Waals surface area contributed by atoms with Crippen molar-refractivity contribution in [2.75, 3.05) is 28.3 Å². The molecule has 0 aliphatic carbocycles. The molecule has 0 aromatic heterocycles. The zero-order valence-electron chi connectivity index (χ0n) is 10.4. The van der Waals surface area contributed by atoms with Gasteiger partial charge in [0.25, 0.3) is 0 Å². The second kappa shape index (κ2) is 4.41. The van der Waals surface area contributed by atoms with Crippen LogP contribution in [0.15, 0.2) is 12.1 Å². The summed E-state index contributed by atoms with van der Waals surface area (Å²) in [5, 5.41) is 2.38. The molecular weight excluding hydrogens is 290 g/mol. The lowest BCUT2D eigenvalue weighted by atomic mass is 10.1. The van der Waals surface area contributed by atoms with Gasteiger partial charge in [0.1, 0.15) is 11.5 Å². The van der Waals surface area contributed by atoms with Gasteiger partial charge in [-0.15, -0.1) is 0 Å². The molecule has 20 heavy (non-hydrogen) atoms. The summed E-state index contributed by atoms with van der Waals surface area (Å²) in [6.45, 7) is 0.123. The maximum absolute atomic E-state index is 13.8. The van der Waals surface area contributed by atoms with E-state index < -0.39 is 33.4 Å². The predicted molar refractivity (Wildman–Crippen MR) is 69.4 cm³/mol. The number of carbonyl (C=O) groups is 1. The second-order valence-corrected chi connectivity index (χ2v) is 7.22. The van der Waals surface area contributed by atoms with Crippen molar-refractivity contribution >= 4 is 27.1 Å². The monoisotopic (exact) mass is 302 g/mol. The Balaban J connectivity index is 2.12. The average molecular weight is 302 g/mol. The second-order valence-electron chi connectivity index (χ2n) is 5.00. The van der Waals surface area contributed by atoms with E-state index in [0.717, 1.165) is 6.07 Å². The molecule has 1 N–H and O–H groups in total. The van der Waals surface area contributed by atoms with Crippen LogP contribution >= 0.6 is 0 Å². The first-order valence-corrected chi connectivity index (χ1v) is 7.94. The lowest BCUT2D eigenvalue weighted by Crippen LogP contribution is -2.49. The Bertz CT molecular complexity index is 690. The number of halogens is 2. The summed E-state index contributed by atoms with van der Waals surface area (Å²) in [5.41, 5.74) is 0.117. The summed E-state index contributed by atoms with van der Waals surface area (Å²) in [4.78, 5) is 13.4. The summed E-state index contributed by atoms with van der Waals surface area (Å²) in [5.74, 6) is -2.36. The summed E-state index contributed by atoms with van der Waals surface area (Å²) in [6.07, 6.45) is -0.0605. The number of nitrogens with one attached hydrogen (secondary N) is 1. The first kappa shape index (κ1) is 13.3. The maximum atomic E-state index is 13.8. The highest BCUT2D eigenvalue weighted by Crippen LogP contribution is 2.36. The Morgan fingerprint density at radius 3 is 2.80 bits per heavy atom. The molecule has 0 bridgehead atoms. The van der Waals surface area contributed by atoms with Gasteiger partial charge in [-0.05, 0) is 6.07 Å². The number of hydrogen-bond acceptors (Lipinski definition) is 4. The predicted octanol–water partition coefficient (Wildman–Crippen LogP) is 0.910. The third-order valence-electron chi connectivity index (χ3n) is 3.56. The van der Waals surface area contributed by atoms with Crippen molar-refractivity contribution in [3.8, 4) is 0 Å². The van der Waals surface area contributed by atoms with Crippen molar-refractivity contribution in [2.24, 2.45) is 0 Å². The number of rotatable bonds is 0. The van der Waals surface area contributed by atoms with E-state index in [-0.39, 0.29) is 35.8 Å². The lowest BCUT2D eigenvalue weighted by molar-refractivity contribution is -0.116. The number of sulfone groups is 1. The van der Waals surface area contributed by atoms with Gasteiger partial charge in [-0.3, -0.25) is 4.79 Å². The molecule has 1 unspecified atom stereocenters. The van der Waals surface area contributed by atoms with E-state index in [1.165, 1.54) is 0 Å². The Kier molecular flexibility index (Phi) is 2.93. The van der Waals surface area contributed by atoms with E-state index in [1.807, 2.05) is 0 Å². The van der Waals surface area contributed by atoms with Crippen LogP contribution in [0, 0.1) is 11.6 Å². The van der Waals surface area contributed by atoms with Crippen LogP contribution in [0.2, 0.25) is 0 Å². The number of benzene rings is 1. The summed E-state index contributed by atoms with van der Waals surface area (Å²) in [7, 11) is -3.22. The summed E-state index contributed by atoms with van der Waals surface area (Å²) >= 11 is 0. The molecule has 0 radical (unpaired) electrons. The van der Waals surface area contributed by atoms with E-state index in [0.29, 0.717) is 6.07 Å². The van der Waals surface area contributed by atoms with Crippen molar-refractivity contribution < 1.29 is 22.0 Å². The molecule has 1 aromatic rings. The van der Waals surface area contributed by atoms with E-state index in [4.69, 9.17) is 0 Å². The highest BCUT2D eigenvalue weighted by molar-refractivity contribution is 7.91. The molecule has 1 atom stereocenters. The Morgan fingerprint density at radius 2 is 2.05 bits per heavy atom. The fraction of sp³-hybridized carbons (Fsp3) is 0.417. The van der Waals surface area contributed by atoms with Gasteiger partial charge < -0.3 is 10.2 Å². The minimum Gasteiger partial charge on any atom is -0.364 e. The Morgan fingerprint density at radius 1 is 1.30 bits per heavy atom. The van der Waals surface area contributed by atoms with E-state index in [1.54, 1.807) is 4.90 Å². The molecule has 3 rings (SSSR count). The zero-order valence-corrected chi connectivity index (χ0v) is 11.2. The number of hydrogen-bond donors (Lipinski definition) is 1. The highest BCUT2D eigenvalue weighted by atomic mass is 32.2. The highest BCUT2D eigenvalue weighted by Gasteiger charge is 2.37. The van der Waals surface area contributed by atoms with Gasteiger partial charge in [0.2, 0.25) is 5.91 Å². The van der Waals surface area contributed by atoms with Crippen molar-refractivity contribution in [3.05, 3.63) is 23.8 Å². The van der Waals surface area contributed by atoms with Crippen LogP contribution in [0.4, 0.5) is 20.2 Å². The van der Waals surface area contributed by atoms with Crippen LogP contribution < -0.4 is 10.2 Å². The standard InChI is InChI=1S/C12H12F2N2O3S/c13-7-3-9(14)12-10(4-7)16-1-2-20(18,19)6-8(16)5-11(17)15-12/h3-4,8H,1-2,5-6H2,(H,15,17). The minimum atomic E-state index is -3.22. The zero-order chi connectivity index (χ0) is 14.5. The van der Waals surface area contributed by atoms with E-state index in [2.05, 4.69) is 5.32 Å². The van der Waals surface area contributed by atoms with Crippen LogP contribution in [0.1, 0.15) is 6.42 Å². The molecule has 2 aliphatic heterocycles. The summed E-state index contributed by atoms with van der Waals surface area (Å²) < 4.78 is 50.5. The topological polar surface area (TPSA) is 66.5 Å². The van der Waals surface area contributed by atoms with Gasteiger partial charge in [-0.1, -0.05) is 0 Å². The largest absolute Gasteiger partial charge is 0.364 e. The Hall–Kier alpha value is -1.70. The molecule has 2 aliphatic rings. The van der Waals surface area contributed by atoms with Crippen molar-refractivity contribution in [2.45, 2.75) is 12.5 Å². The molecule has 1 fully saturated rings. The molecule has 1 amide bonds. The molecular formula is C12H12F2N2O3S. The third kappa shape index (κ3) is 2.24. The van der Waals surface area contributed by atoms with Gasteiger partial charge in [-0.25, -0.2) is 17.2 Å². The van der Waals surface area contributed by atoms with Crippen LogP contribution in [0.25, 0.3) is 0 Å². The normalized spacial score (nSPS) is 24.4. The molecule has 8 heteroatoms. The molecule has 1 saturated heterocycles. The number of carbonyl (C=O) groups excluding carboxylic acids is 1. The molecule has 2 heterocycles. The SMILES string of the molecule is O=C1CC2CS(=O)(=O)CCN2c2cc(F)cc(F)c2N1. The van der Waals surface area contributed by atoms with Gasteiger partial charge in [0, 0.05) is 19.0 Å². The molecule has 5 nitrogen and oxygen atoms in total. The number of anilines is 2. The lowest BCUT2D eigenvalue weighted by Gasteiger charge is -2.35. The van der Waals surface area contributed by atoms with Gasteiger partial charge in [0.15, 0.2) is 15.7 Å². The van der Waals surface area contributed by atoms with E-state index in [9.17, 15) is 22.0 Å². The number of fused-ring (bicyclic) bond motifs is 3. The van der Waals surface area contributed by atoms with Crippen molar-refractivity contribution in [1.82, 2.24) is 0 Å². The molecule has 1 aromatic carbocycles.